The van der Waals surface area contributed by atoms with Gasteiger partial charge in [0.15, 0.2) is 6.10 Å². The number of carbonyl (C=O) groups excluding carboxylic acids is 4. The fraction of sp³-hybridized carbons (Fsp3) is 0.385. The quantitative estimate of drug-likeness (QED) is 0.419. The lowest BCUT2D eigenvalue weighted by Gasteiger charge is -2.18. The van der Waals surface area contributed by atoms with E-state index in [2.05, 4.69) is 17.6 Å². The number of hydrogen-bond acceptors (Lipinski definition) is 7. The predicted octanol–water partition coefficient (Wildman–Crippen LogP) is 4.10. The summed E-state index contributed by atoms with van der Waals surface area (Å²) in [6.45, 7) is 6.82. The molecule has 35 heavy (non-hydrogen) atoms. The summed E-state index contributed by atoms with van der Waals surface area (Å²) in [5.41, 5.74) is 1.90. The van der Waals surface area contributed by atoms with Gasteiger partial charge in [0.05, 0.1) is 12.2 Å². The van der Waals surface area contributed by atoms with Crippen LogP contribution in [-0.4, -0.2) is 36.5 Å². The Balaban J connectivity index is 1.77. The minimum atomic E-state index is -1.18. The SMILES string of the molecule is CCOC(=O)c1c(NC(=O)C(C)OC(=O)/C(=C/c2ccccc2)NC(C)=O)sc2c1CCC(C)C2. The summed E-state index contributed by atoms with van der Waals surface area (Å²) in [6, 6.07) is 8.94. The van der Waals surface area contributed by atoms with Crippen molar-refractivity contribution in [2.24, 2.45) is 5.92 Å². The van der Waals surface area contributed by atoms with Crippen molar-refractivity contribution < 1.29 is 28.7 Å². The summed E-state index contributed by atoms with van der Waals surface area (Å²) < 4.78 is 10.6. The first kappa shape index (κ1) is 26.2. The van der Waals surface area contributed by atoms with E-state index < -0.39 is 29.9 Å². The van der Waals surface area contributed by atoms with E-state index in [1.54, 1.807) is 31.2 Å². The summed E-state index contributed by atoms with van der Waals surface area (Å²) >= 11 is 1.36. The van der Waals surface area contributed by atoms with Crippen LogP contribution in [0.25, 0.3) is 6.08 Å². The monoisotopic (exact) mass is 498 g/mol. The number of benzene rings is 1. The van der Waals surface area contributed by atoms with E-state index in [0.29, 0.717) is 22.0 Å². The zero-order valence-corrected chi connectivity index (χ0v) is 21.1. The normalized spacial score (nSPS) is 16.0. The number of carbonyl (C=O) groups is 4. The highest BCUT2D eigenvalue weighted by Gasteiger charge is 2.30. The Bertz CT molecular complexity index is 1140. The molecule has 1 aromatic heterocycles. The van der Waals surface area contributed by atoms with Gasteiger partial charge in [-0.1, -0.05) is 37.3 Å². The number of rotatable bonds is 8. The van der Waals surface area contributed by atoms with Crippen molar-refractivity contribution >= 4 is 46.2 Å². The lowest BCUT2D eigenvalue weighted by molar-refractivity contribution is -0.149. The van der Waals surface area contributed by atoms with Crippen molar-refractivity contribution in [2.75, 3.05) is 11.9 Å². The molecule has 1 aliphatic rings. The molecule has 0 saturated heterocycles. The topological polar surface area (TPSA) is 111 Å². The first-order chi connectivity index (χ1) is 16.7. The van der Waals surface area contributed by atoms with Gasteiger partial charge in [-0.05, 0) is 56.2 Å². The van der Waals surface area contributed by atoms with E-state index in [0.717, 1.165) is 29.7 Å². The maximum absolute atomic E-state index is 12.9. The van der Waals surface area contributed by atoms with Crippen molar-refractivity contribution in [2.45, 2.75) is 53.1 Å². The fourth-order valence-electron chi connectivity index (χ4n) is 3.80. The van der Waals surface area contributed by atoms with E-state index >= 15 is 0 Å². The van der Waals surface area contributed by atoms with Crippen molar-refractivity contribution in [3.8, 4) is 0 Å². The third-order valence-electron chi connectivity index (χ3n) is 5.52. The van der Waals surface area contributed by atoms with Gasteiger partial charge in [0.25, 0.3) is 5.91 Å². The molecule has 0 bridgehead atoms. The van der Waals surface area contributed by atoms with Crippen LogP contribution in [0.15, 0.2) is 36.0 Å². The van der Waals surface area contributed by atoms with Crippen LogP contribution in [0.1, 0.15) is 60.5 Å². The maximum atomic E-state index is 12.9. The third-order valence-corrected chi connectivity index (χ3v) is 6.69. The molecule has 0 aliphatic heterocycles. The Labute approximate surface area is 208 Å². The molecular weight excluding hydrogens is 468 g/mol. The first-order valence-electron chi connectivity index (χ1n) is 11.6. The van der Waals surface area contributed by atoms with Gasteiger partial charge in [0.2, 0.25) is 5.91 Å². The lowest BCUT2D eigenvalue weighted by atomic mass is 9.88. The van der Waals surface area contributed by atoms with Crippen molar-refractivity contribution in [1.29, 1.82) is 0 Å². The molecule has 9 heteroatoms. The van der Waals surface area contributed by atoms with Crippen LogP contribution in [0.5, 0.6) is 0 Å². The van der Waals surface area contributed by atoms with E-state index in [-0.39, 0.29) is 12.3 Å². The summed E-state index contributed by atoms with van der Waals surface area (Å²) in [7, 11) is 0. The second kappa shape index (κ2) is 11.8. The summed E-state index contributed by atoms with van der Waals surface area (Å²) in [6.07, 6.45) is 2.82. The van der Waals surface area contributed by atoms with E-state index in [9.17, 15) is 19.2 Å². The van der Waals surface area contributed by atoms with Crippen molar-refractivity contribution in [3.63, 3.8) is 0 Å². The van der Waals surface area contributed by atoms with Crippen molar-refractivity contribution in [3.05, 3.63) is 57.6 Å². The number of hydrogen-bond donors (Lipinski definition) is 2. The molecule has 2 N–H and O–H groups in total. The number of amides is 2. The molecule has 2 unspecified atom stereocenters. The predicted molar refractivity (Wildman–Crippen MR) is 134 cm³/mol. The standard InChI is InChI=1S/C26H30N2O6S/c1-5-33-26(32)22-19-12-11-15(2)13-21(19)35-24(22)28-23(30)16(3)34-25(31)20(27-17(4)29)14-18-9-7-6-8-10-18/h6-10,14-16H,5,11-13H2,1-4H3,(H,27,29)(H,28,30)/b20-14-. The van der Waals surface area contributed by atoms with Crippen molar-refractivity contribution in [1.82, 2.24) is 5.32 Å². The van der Waals surface area contributed by atoms with Gasteiger partial charge in [-0.25, -0.2) is 9.59 Å². The average molecular weight is 499 g/mol. The number of anilines is 1. The molecular formula is C26H30N2O6S. The fourth-order valence-corrected chi connectivity index (χ4v) is 5.20. The minimum Gasteiger partial charge on any atom is -0.462 e. The molecule has 1 aliphatic carbocycles. The lowest BCUT2D eigenvalue weighted by Crippen LogP contribution is -2.34. The van der Waals surface area contributed by atoms with Crippen LogP contribution in [0, 0.1) is 5.92 Å². The summed E-state index contributed by atoms with van der Waals surface area (Å²) in [5, 5.41) is 5.61. The number of ether oxygens (including phenoxy) is 2. The van der Waals surface area contributed by atoms with Gasteiger partial charge in [0.1, 0.15) is 10.7 Å². The Morgan fingerprint density at radius 3 is 2.57 bits per heavy atom. The van der Waals surface area contributed by atoms with Gasteiger partial charge in [-0.2, -0.15) is 0 Å². The molecule has 0 saturated carbocycles. The minimum absolute atomic E-state index is 0.0869. The van der Waals surface area contributed by atoms with Crippen LogP contribution in [0.4, 0.5) is 5.00 Å². The number of esters is 2. The van der Waals surface area contributed by atoms with E-state index in [1.165, 1.54) is 31.3 Å². The van der Waals surface area contributed by atoms with Gasteiger partial charge in [-0.3, -0.25) is 9.59 Å². The molecule has 186 valence electrons. The van der Waals surface area contributed by atoms with Gasteiger partial charge < -0.3 is 20.1 Å². The van der Waals surface area contributed by atoms with E-state index in [4.69, 9.17) is 9.47 Å². The summed E-state index contributed by atoms with van der Waals surface area (Å²) in [5.74, 6) is -1.87. The molecule has 3 rings (SSSR count). The second-order valence-corrected chi connectivity index (χ2v) is 9.57. The maximum Gasteiger partial charge on any atom is 0.355 e. The Kier molecular flexibility index (Phi) is 8.81. The molecule has 2 aromatic rings. The van der Waals surface area contributed by atoms with E-state index in [1.807, 2.05) is 6.07 Å². The molecule has 1 aromatic carbocycles. The zero-order valence-electron chi connectivity index (χ0n) is 20.3. The molecule has 1 heterocycles. The molecule has 0 radical (unpaired) electrons. The summed E-state index contributed by atoms with van der Waals surface area (Å²) in [4.78, 5) is 51.0. The van der Waals surface area contributed by atoms with Gasteiger partial charge in [0, 0.05) is 11.8 Å². The van der Waals surface area contributed by atoms with Crippen LogP contribution >= 0.6 is 11.3 Å². The average Bonchev–Trinajstić information content (AvgIpc) is 3.15. The second-order valence-electron chi connectivity index (χ2n) is 8.46. The number of nitrogens with one attached hydrogen (secondary N) is 2. The molecule has 2 amide bonds. The third kappa shape index (κ3) is 6.79. The largest absolute Gasteiger partial charge is 0.462 e. The van der Waals surface area contributed by atoms with Crippen LogP contribution < -0.4 is 10.6 Å². The highest BCUT2D eigenvalue weighted by atomic mass is 32.1. The Hall–Kier alpha value is -3.46. The zero-order chi connectivity index (χ0) is 25.5. The first-order valence-corrected chi connectivity index (χ1v) is 12.4. The number of thiophene rings is 1. The smallest absolute Gasteiger partial charge is 0.355 e. The molecule has 8 nitrogen and oxygen atoms in total. The van der Waals surface area contributed by atoms with Crippen LogP contribution in [-0.2, 0) is 36.7 Å². The highest BCUT2D eigenvalue weighted by Crippen LogP contribution is 2.40. The molecule has 0 spiro atoms. The Morgan fingerprint density at radius 1 is 1.20 bits per heavy atom. The molecule has 2 atom stereocenters. The highest BCUT2D eigenvalue weighted by molar-refractivity contribution is 7.17. The van der Waals surface area contributed by atoms with Gasteiger partial charge >= 0.3 is 11.9 Å². The van der Waals surface area contributed by atoms with Crippen LogP contribution in [0.2, 0.25) is 0 Å². The van der Waals surface area contributed by atoms with Crippen LogP contribution in [0.3, 0.4) is 0 Å². The Morgan fingerprint density at radius 2 is 1.91 bits per heavy atom. The molecule has 0 fully saturated rings. The number of fused-ring (bicyclic) bond motifs is 1. The van der Waals surface area contributed by atoms with Gasteiger partial charge in [-0.15, -0.1) is 11.3 Å².